The lowest BCUT2D eigenvalue weighted by Gasteiger charge is -2.39. The summed E-state index contributed by atoms with van der Waals surface area (Å²) in [6.45, 7) is 16.3. The number of pyridine rings is 1. The fraction of sp³-hybridized carbons (Fsp3) is 0.516. The Morgan fingerprint density at radius 1 is 0.672 bits per heavy atom. The van der Waals surface area contributed by atoms with Crippen molar-refractivity contribution in [2.24, 2.45) is 35.3 Å². The van der Waals surface area contributed by atoms with Crippen LogP contribution in [0.5, 0.6) is 0 Å². The number of rotatable bonds is 16. The molecule has 131 heavy (non-hydrogen) atoms. The molecule has 8 aromatic rings. The van der Waals surface area contributed by atoms with E-state index in [0.29, 0.717) is 193 Å². The van der Waals surface area contributed by atoms with Crippen molar-refractivity contribution in [3.63, 3.8) is 0 Å². The van der Waals surface area contributed by atoms with Gasteiger partial charge in [-0.15, -0.1) is 0 Å². The number of methoxy groups -OCH3 is 2. The number of piperazine rings is 2. The highest BCUT2D eigenvalue weighted by Crippen LogP contribution is 2.38. The number of Topliss-reactive ketones (excluding diaryl/α,β-unsaturated/α-hetero) is 3. The minimum atomic E-state index is -1.77. The molecule has 8 N–H and O–H groups in total. The summed E-state index contributed by atoms with van der Waals surface area (Å²) in [5.41, 5.74) is 22.1. The predicted molar refractivity (Wildman–Crippen MR) is 487 cm³/mol. The third kappa shape index (κ3) is 22.2. The molecular formula is C95H119N21O15. The van der Waals surface area contributed by atoms with Gasteiger partial charge in [0, 0.05) is 190 Å². The molecule has 1 aromatic carbocycles. The van der Waals surface area contributed by atoms with Crippen molar-refractivity contribution in [2.75, 3.05) is 100 Å². The number of H-pyrrole nitrogens is 1. The molecular weight excluding hydrogens is 1680 g/mol. The zero-order valence-corrected chi connectivity index (χ0v) is 75.6. The van der Waals surface area contributed by atoms with Crippen LogP contribution in [0.3, 0.4) is 0 Å². The lowest BCUT2D eigenvalue weighted by Crippen LogP contribution is -2.55. The molecule has 4 saturated heterocycles. The van der Waals surface area contributed by atoms with Crippen molar-refractivity contribution < 1.29 is 72.3 Å². The van der Waals surface area contributed by atoms with Gasteiger partial charge in [0.05, 0.1) is 41.4 Å². The average Bonchev–Trinajstić information content (AvgIpc) is 1.59. The number of carbonyl (C=O) groups is 8. The lowest BCUT2D eigenvalue weighted by molar-refractivity contribution is -0.169. The molecule has 7 aromatic heterocycles. The number of aliphatic hydroxyl groups is 2. The van der Waals surface area contributed by atoms with Gasteiger partial charge >= 0.3 is 12.1 Å². The first kappa shape index (κ1) is 93.5. The number of esters is 1. The van der Waals surface area contributed by atoms with Crippen molar-refractivity contribution in [2.45, 2.75) is 206 Å². The first-order valence-electron chi connectivity index (χ1n) is 45.6. The largest absolute Gasteiger partial charge is 0.459 e. The van der Waals surface area contributed by atoms with E-state index in [0.717, 1.165) is 38.9 Å². The summed E-state index contributed by atoms with van der Waals surface area (Å²) in [4.78, 5) is 168. The van der Waals surface area contributed by atoms with E-state index in [1.807, 2.05) is 93.8 Å². The van der Waals surface area contributed by atoms with Crippen LogP contribution in [-0.2, 0) is 73.7 Å². The van der Waals surface area contributed by atoms with Crippen molar-refractivity contribution >= 4 is 92.9 Å². The van der Waals surface area contributed by atoms with Crippen molar-refractivity contribution in [3.05, 3.63) is 167 Å². The maximum Gasteiger partial charge on any atom is 0.407 e. The fourth-order valence-corrected chi connectivity index (χ4v) is 19.0. The van der Waals surface area contributed by atoms with Gasteiger partial charge in [0.1, 0.15) is 65.8 Å². The Morgan fingerprint density at radius 3 is 2.05 bits per heavy atom. The summed E-state index contributed by atoms with van der Waals surface area (Å²) >= 11 is 0. The van der Waals surface area contributed by atoms with Gasteiger partial charge < -0.3 is 85.1 Å². The minimum absolute atomic E-state index is 0.0653. The van der Waals surface area contributed by atoms with Crippen LogP contribution >= 0.6 is 0 Å². The molecule has 694 valence electrons. The van der Waals surface area contributed by atoms with E-state index in [4.69, 9.17) is 40.3 Å². The number of hydrogen-bond acceptors (Lipinski definition) is 30. The monoisotopic (exact) mass is 1790 g/mol. The third-order valence-electron chi connectivity index (χ3n) is 26.8. The van der Waals surface area contributed by atoms with Gasteiger partial charge in [-0.1, -0.05) is 82.4 Å². The molecule has 1 aliphatic carbocycles. The first-order valence-corrected chi connectivity index (χ1v) is 45.6. The van der Waals surface area contributed by atoms with Crippen LogP contribution in [0.1, 0.15) is 162 Å². The molecule has 15 rings (SSSR count). The number of aliphatic hydroxyl groups excluding tert-OH is 2. The number of hydrogen-bond donors (Lipinski definition) is 6. The Morgan fingerprint density at radius 2 is 1.36 bits per heavy atom. The number of cyclic esters (lactones) is 1. The van der Waals surface area contributed by atoms with Gasteiger partial charge in [0.2, 0.25) is 23.6 Å². The molecule has 1 saturated carbocycles. The zero-order chi connectivity index (χ0) is 92.3. The molecule has 5 fully saturated rings. The Hall–Kier alpha value is -12.2. The number of anilines is 4. The van der Waals surface area contributed by atoms with E-state index in [1.54, 1.807) is 69.2 Å². The summed E-state index contributed by atoms with van der Waals surface area (Å²) in [7, 11) is 3.14. The fourth-order valence-electron chi connectivity index (χ4n) is 19.0. The molecule has 36 heteroatoms. The highest BCUT2D eigenvalue weighted by Gasteiger charge is 2.45. The molecule has 0 radical (unpaired) electrons. The molecule has 36 nitrogen and oxygen atoms in total. The zero-order valence-electron chi connectivity index (χ0n) is 75.6. The van der Waals surface area contributed by atoms with Gasteiger partial charge in [-0.3, -0.25) is 28.8 Å². The first-order chi connectivity index (χ1) is 63.2. The van der Waals surface area contributed by atoms with E-state index < -0.39 is 102 Å². The number of piperidine rings is 1. The number of benzene rings is 1. The number of amides is 4. The van der Waals surface area contributed by atoms with Crippen LogP contribution in [0.2, 0.25) is 0 Å². The topological polar surface area (TPSA) is 456 Å². The van der Waals surface area contributed by atoms with Crippen molar-refractivity contribution in [1.82, 2.24) is 79.6 Å². The summed E-state index contributed by atoms with van der Waals surface area (Å²) in [6.07, 6.45) is 22.5. The van der Waals surface area contributed by atoms with Crippen LogP contribution in [-0.4, -0.2) is 272 Å². The highest BCUT2D eigenvalue weighted by molar-refractivity contribution is 6.38. The van der Waals surface area contributed by atoms with E-state index >= 15 is 0 Å². The van der Waals surface area contributed by atoms with Crippen LogP contribution in [0.4, 0.5) is 28.5 Å². The van der Waals surface area contributed by atoms with Crippen molar-refractivity contribution in [3.8, 4) is 11.3 Å². The molecule has 7 aliphatic rings. The SMILES string of the molecule is CO[C@H]1CC2CC[C@@H](C)C(O2)C(=O)C(=O)N2CCCC[C@H]2C(=O)O[C@H]([C@H](N)C[C@@H]2CC[C@@H](OC(=O)NCc3cnc(N4CCN(c5ncc(C(=O)N6CCN(c7ncc(C(=O)N8CCc9cc(Cn%10nc(-c%11cnc%12[nH]ccc%12c%11)c%11c(N)ncnc%11%10)ccc9C8)cn7)CC6)cn5)CC4)nc3)[C@H](OC)C2)CC(=O)[C@H](C)/C=C(\C)[C@@H](O)[C@@H](O)C(=O)[C@H](C)C[C@H](C)/C=C/C=C/C=C/1C. The van der Waals surface area contributed by atoms with Crippen molar-refractivity contribution in [1.29, 1.82) is 0 Å². The van der Waals surface area contributed by atoms with Gasteiger partial charge in [0.15, 0.2) is 11.4 Å². The number of alkyl carbamates (subject to hydrolysis) is 1. The number of nitrogens with two attached hydrogens (primary N) is 2. The number of nitrogen functional groups attached to an aromatic ring is 1. The molecule has 15 atom stereocenters. The maximum absolute atomic E-state index is 14.7. The summed E-state index contributed by atoms with van der Waals surface area (Å²) < 4.78 is 32.5. The predicted octanol–water partition coefficient (Wildman–Crippen LogP) is 8.00. The van der Waals surface area contributed by atoms with Gasteiger partial charge in [-0.2, -0.15) is 5.10 Å². The molecule has 4 amide bonds. The minimum Gasteiger partial charge on any atom is -0.459 e. The van der Waals surface area contributed by atoms with Crippen LogP contribution in [0, 0.1) is 29.6 Å². The van der Waals surface area contributed by atoms with E-state index in [2.05, 4.69) is 73.4 Å². The molecule has 13 heterocycles. The Balaban J connectivity index is 0.495. The second kappa shape index (κ2) is 42.3. The van der Waals surface area contributed by atoms with Gasteiger partial charge in [0.25, 0.3) is 17.7 Å². The number of allylic oxidation sites excluding steroid dienone is 6. The summed E-state index contributed by atoms with van der Waals surface area (Å²) in [6, 6.07) is 8.15. The van der Waals surface area contributed by atoms with Crippen LogP contribution in [0.15, 0.2) is 134 Å². The number of ether oxygens (including phenoxy) is 5. The second-order valence-corrected chi connectivity index (χ2v) is 36.0. The molecule has 6 aliphatic heterocycles. The lowest BCUT2D eigenvalue weighted by atomic mass is 9.80. The van der Waals surface area contributed by atoms with E-state index in [-0.39, 0.29) is 73.6 Å². The van der Waals surface area contributed by atoms with Crippen LogP contribution < -0.4 is 31.5 Å². The number of carbonyl (C=O) groups excluding carboxylic acids is 8. The molecule has 0 spiro atoms. The molecule has 2 bridgehead atoms. The smallest absolute Gasteiger partial charge is 0.407 e. The normalized spacial score (nSPS) is 27.3. The number of fused-ring (bicyclic) bond motifs is 6. The van der Waals surface area contributed by atoms with Gasteiger partial charge in [-0.05, 0) is 142 Å². The van der Waals surface area contributed by atoms with E-state index in [9.17, 15) is 48.6 Å². The standard InChI is InChI=1S/C95H119N21O15/c1-55-14-10-9-11-15-56(2)75(127-7)42-70-21-17-57(3)84(129-70)83(121)90(124)115-26-13-12-16-72(115)91(125)130-76(43-73(117)58(4)37-60(6)81(119)82(120)80(118)59(5)36-55)71(96)39-61-19-22-74(77(40-61)128-8)131-95(126)106-46-63-44-100-92(101-45-63)112-32-34-113(35-33-112)94-102-48-68(49-103-94)88(122)110-28-30-111(31-29-110)93-104-50-69(51-105-93)89(123)114-27-24-64-38-62(18-20-66(64)53-114)52-116-87-78(85(97)107-54-108-87)79(109-116)67-41-65-23-25-98-86(65)99-47-67/h9-11,14-15,18,20,23,25,37-38,41,44-45,47-51,54-55,57-59,61,70-72,74-77,81-82,84,119-120H,12-13,16-17,19,21-22,24,26-36,39-40,42-43,46,52-53,96H2,1-8H3,(H,98,99)(H,106,126)(H2,97,107,108)/b11-9+,14-10+,56-15+,60-37+/t55-,57-,58-,59-,61+,70?,71-,72+,74-,75+,76+,77-,81-,82+,84?/m1/s1. The molecule has 2 unspecified atom stereocenters. The highest BCUT2D eigenvalue weighted by atomic mass is 16.6. The van der Waals surface area contributed by atoms with Gasteiger partial charge in [-0.25, -0.2) is 59.1 Å². The second-order valence-electron chi connectivity index (χ2n) is 36.0. The quantitative estimate of drug-likeness (QED) is 0.0303. The summed E-state index contributed by atoms with van der Waals surface area (Å²) in [5.74, 6) is -3.95. The number of ketones is 3. The number of nitrogens with zero attached hydrogens (tertiary/aromatic N) is 17. The number of aromatic amines is 1. The number of nitrogens with one attached hydrogen (secondary N) is 2. The Bertz CT molecular complexity index is 5550. The number of aromatic nitrogens is 12. The van der Waals surface area contributed by atoms with Crippen LogP contribution in [0.25, 0.3) is 33.3 Å². The maximum atomic E-state index is 14.7. The van der Waals surface area contributed by atoms with E-state index in [1.165, 1.54) is 31.3 Å². The Kier molecular flexibility index (Phi) is 30.2. The Labute approximate surface area is 760 Å². The average molecular weight is 1800 g/mol. The summed E-state index contributed by atoms with van der Waals surface area (Å²) in [5, 5.41) is 32.0. The third-order valence-corrected chi connectivity index (χ3v) is 26.8.